The number of carbonyl (C=O) groups is 1. The van der Waals surface area contributed by atoms with Gasteiger partial charge in [-0.1, -0.05) is 42.5 Å². The van der Waals surface area contributed by atoms with Gasteiger partial charge in [-0.05, 0) is 30.2 Å². The van der Waals surface area contributed by atoms with Gasteiger partial charge in [-0.3, -0.25) is 4.72 Å². The van der Waals surface area contributed by atoms with Crippen LogP contribution in [0.5, 0.6) is 0 Å². The molecule has 0 radical (unpaired) electrons. The van der Waals surface area contributed by atoms with Crippen molar-refractivity contribution in [2.45, 2.75) is 19.5 Å². The molecule has 6 nitrogen and oxygen atoms in total. The summed E-state index contributed by atoms with van der Waals surface area (Å²) in [5.41, 5.74) is 2.34. The minimum absolute atomic E-state index is 0.0561. The summed E-state index contributed by atoms with van der Waals surface area (Å²) in [6.07, 6.45) is 1.10. The first-order chi connectivity index (χ1) is 11.8. The highest BCUT2D eigenvalue weighted by molar-refractivity contribution is 7.92. The Hall–Kier alpha value is -2.54. The number of urea groups is 1. The zero-order valence-corrected chi connectivity index (χ0v) is 15.4. The van der Waals surface area contributed by atoms with Crippen molar-refractivity contribution in [1.82, 2.24) is 10.2 Å². The molecule has 0 unspecified atom stereocenters. The van der Waals surface area contributed by atoms with Crippen LogP contribution in [-0.4, -0.2) is 32.7 Å². The van der Waals surface area contributed by atoms with E-state index in [0.29, 0.717) is 12.2 Å². The fourth-order valence-electron chi connectivity index (χ4n) is 2.39. The molecule has 0 spiro atoms. The number of benzene rings is 2. The number of anilines is 1. The second-order valence-electron chi connectivity index (χ2n) is 5.93. The third-order valence-corrected chi connectivity index (χ3v) is 4.46. The summed E-state index contributed by atoms with van der Waals surface area (Å²) >= 11 is 0. The molecule has 2 rings (SSSR count). The molecule has 2 N–H and O–H groups in total. The maximum atomic E-state index is 12.3. The summed E-state index contributed by atoms with van der Waals surface area (Å²) in [4.78, 5) is 14.0. The lowest BCUT2D eigenvalue weighted by atomic mass is 10.1. The monoisotopic (exact) mass is 361 g/mol. The highest BCUT2D eigenvalue weighted by atomic mass is 32.2. The maximum absolute atomic E-state index is 12.3. The Morgan fingerprint density at radius 3 is 2.44 bits per heavy atom. The van der Waals surface area contributed by atoms with E-state index in [1.165, 1.54) is 0 Å². The van der Waals surface area contributed by atoms with Gasteiger partial charge in [-0.25, -0.2) is 13.2 Å². The van der Waals surface area contributed by atoms with Gasteiger partial charge in [0, 0.05) is 19.3 Å². The van der Waals surface area contributed by atoms with Crippen LogP contribution in [0.15, 0.2) is 54.6 Å². The Labute approximate surface area is 148 Å². The van der Waals surface area contributed by atoms with Crippen molar-refractivity contribution in [1.29, 1.82) is 0 Å². The Morgan fingerprint density at radius 1 is 1.12 bits per heavy atom. The van der Waals surface area contributed by atoms with Crippen molar-refractivity contribution >= 4 is 21.7 Å². The molecule has 2 amide bonds. The van der Waals surface area contributed by atoms with Gasteiger partial charge in [0.05, 0.1) is 12.3 Å². The van der Waals surface area contributed by atoms with Crippen molar-refractivity contribution < 1.29 is 13.2 Å². The number of nitrogens with zero attached hydrogens (tertiary/aromatic N) is 1. The van der Waals surface area contributed by atoms with E-state index in [2.05, 4.69) is 10.0 Å². The molecule has 25 heavy (non-hydrogen) atoms. The van der Waals surface area contributed by atoms with Crippen LogP contribution >= 0.6 is 0 Å². The third-order valence-electron chi connectivity index (χ3n) is 3.86. The second-order valence-corrected chi connectivity index (χ2v) is 7.68. The predicted molar refractivity (Wildman–Crippen MR) is 99.8 cm³/mol. The molecule has 0 heterocycles. The lowest BCUT2D eigenvalue weighted by Gasteiger charge is -2.25. The van der Waals surface area contributed by atoms with Gasteiger partial charge >= 0.3 is 6.03 Å². The number of rotatable bonds is 6. The largest absolute Gasteiger partial charge is 0.334 e. The lowest BCUT2D eigenvalue weighted by Crippen LogP contribution is -2.38. The van der Waals surface area contributed by atoms with E-state index in [9.17, 15) is 13.2 Å². The summed E-state index contributed by atoms with van der Waals surface area (Å²) in [6.45, 7) is 2.27. The molecule has 0 aromatic heterocycles. The fraction of sp³-hybridized carbons (Fsp3) is 0.278. The van der Waals surface area contributed by atoms with E-state index in [0.717, 1.165) is 17.4 Å². The van der Waals surface area contributed by atoms with Crippen LogP contribution in [0, 0.1) is 0 Å². The summed E-state index contributed by atoms with van der Waals surface area (Å²) in [5.74, 6) is 0. The number of hydrogen-bond donors (Lipinski definition) is 2. The fourth-order valence-corrected chi connectivity index (χ4v) is 2.95. The third kappa shape index (κ3) is 5.79. The smallest absolute Gasteiger partial charge is 0.317 e. The number of sulfonamides is 1. The molecule has 7 heteroatoms. The van der Waals surface area contributed by atoms with Gasteiger partial charge in [0.25, 0.3) is 0 Å². The summed E-state index contributed by atoms with van der Waals surface area (Å²) < 4.78 is 25.0. The number of hydrogen-bond acceptors (Lipinski definition) is 3. The molecule has 0 saturated carbocycles. The first-order valence-electron chi connectivity index (χ1n) is 7.88. The van der Waals surface area contributed by atoms with Crippen molar-refractivity contribution in [3.05, 3.63) is 65.7 Å². The molecule has 134 valence electrons. The van der Waals surface area contributed by atoms with Crippen LogP contribution < -0.4 is 10.0 Å². The Kier molecular flexibility index (Phi) is 6.03. The summed E-state index contributed by atoms with van der Waals surface area (Å²) in [7, 11) is -1.58. The zero-order valence-electron chi connectivity index (χ0n) is 14.6. The number of nitrogens with one attached hydrogen (secondary N) is 2. The Bertz CT molecular complexity index is 822. The molecule has 0 fully saturated rings. The molecule has 0 bridgehead atoms. The highest BCUT2D eigenvalue weighted by Gasteiger charge is 2.16. The minimum atomic E-state index is -3.33. The summed E-state index contributed by atoms with van der Waals surface area (Å²) in [5, 5.41) is 2.85. The van der Waals surface area contributed by atoms with Crippen LogP contribution in [0.25, 0.3) is 0 Å². The van der Waals surface area contributed by atoms with Gasteiger partial charge in [-0.15, -0.1) is 0 Å². The van der Waals surface area contributed by atoms with E-state index in [4.69, 9.17) is 0 Å². The number of carbonyl (C=O) groups excluding carboxylic acids is 1. The van der Waals surface area contributed by atoms with Gasteiger partial charge < -0.3 is 10.2 Å². The topological polar surface area (TPSA) is 78.5 Å². The predicted octanol–water partition coefficient (Wildman–Crippen LogP) is 2.96. The average molecular weight is 361 g/mol. The SMILES string of the molecule is C[C@H](c1ccccc1)N(C)C(=O)NCc1cccc(NS(C)(=O)=O)c1. The first kappa shape index (κ1) is 18.8. The average Bonchev–Trinajstić information content (AvgIpc) is 2.58. The van der Waals surface area contributed by atoms with Crippen LogP contribution in [0.3, 0.4) is 0 Å². The number of amides is 2. The van der Waals surface area contributed by atoms with E-state index in [-0.39, 0.29) is 12.1 Å². The lowest BCUT2D eigenvalue weighted by molar-refractivity contribution is 0.194. The van der Waals surface area contributed by atoms with Crippen LogP contribution in [0.1, 0.15) is 24.1 Å². The molecule has 1 atom stereocenters. The van der Waals surface area contributed by atoms with Gasteiger partial charge in [0.15, 0.2) is 0 Å². The van der Waals surface area contributed by atoms with E-state index >= 15 is 0 Å². The second kappa shape index (κ2) is 8.02. The molecule has 2 aromatic rings. The summed E-state index contributed by atoms with van der Waals surface area (Å²) in [6, 6.07) is 16.5. The Balaban J connectivity index is 1.96. The van der Waals surface area contributed by atoms with E-state index in [1.54, 1.807) is 30.1 Å². The van der Waals surface area contributed by atoms with Crippen molar-refractivity contribution in [2.75, 3.05) is 18.0 Å². The standard InChI is InChI=1S/C18H23N3O3S/c1-14(16-9-5-4-6-10-16)21(2)18(22)19-13-15-8-7-11-17(12-15)20-25(3,23)24/h4-12,14,20H,13H2,1-3H3,(H,19,22)/t14-/m1/s1. The molecule has 0 aliphatic rings. The van der Waals surface area contributed by atoms with Crippen molar-refractivity contribution in [3.63, 3.8) is 0 Å². The molecular weight excluding hydrogens is 338 g/mol. The molecule has 0 aliphatic heterocycles. The van der Waals surface area contributed by atoms with Crippen LogP contribution in [0.4, 0.5) is 10.5 Å². The molecule has 0 saturated heterocycles. The Morgan fingerprint density at radius 2 is 1.80 bits per heavy atom. The normalized spacial score (nSPS) is 12.3. The highest BCUT2D eigenvalue weighted by Crippen LogP contribution is 2.18. The van der Waals surface area contributed by atoms with Crippen molar-refractivity contribution in [2.24, 2.45) is 0 Å². The van der Waals surface area contributed by atoms with Crippen LogP contribution in [0.2, 0.25) is 0 Å². The zero-order chi connectivity index (χ0) is 18.4. The molecule has 0 aliphatic carbocycles. The quantitative estimate of drug-likeness (QED) is 0.830. The van der Waals surface area contributed by atoms with E-state index < -0.39 is 10.0 Å². The van der Waals surface area contributed by atoms with Gasteiger partial charge in [0.1, 0.15) is 0 Å². The van der Waals surface area contributed by atoms with Gasteiger partial charge in [0.2, 0.25) is 10.0 Å². The van der Waals surface area contributed by atoms with Crippen LogP contribution in [-0.2, 0) is 16.6 Å². The van der Waals surface area contributed by atoms with E-state index in [1.807, 2.05) is 43.3 Å². The van der Waals surface area contributed by atoms with Gasteiger partial charge in [-0.2, -0.15) is 0 Å². The molecule has 2 aromatic carbocycles. The molecular formula is C18H23N3O3S. The minimum Gasteiger partial charge on any atom is -0.334 e. The first-order valence-corrected chi connectivity index (χ1v) is 9.78. The van der Waals surface area contributed by atoms with Crippen molar-refractivity contribution in [3.8, 4) is 0 Å². The maximum Gasteiger partial charge on any atom is 0.317 e.